The Morgan fingerprint density at radius 1 is 1.03 bits per heavy atom. The van der Waals surface area contributed by atoms with Crippen molar-refractivity contribution in [1.82, 2.24) is 9.62 Å². The first-order valence-corrected chi connectivity index (χ1v) is 13.0. The lowest BCUT2D eigenvalue weighted by Gasteiger charge is -2.57. The van der Waals surface area contributed by atoms with Crippen LogP contribution in [0.5, 0.6) is 0 Å². The number of piperazine rings is 1. The van der Waals surface area contributed by atoms with Gasteiger partial charge < -0.3 is 10.2 Å². The molecule has 1 aliphatic heterocycles. The Morgan fingerprint density at radius 2 is 1.57 bits per heavy atom. The molecule has 1 amide bonds. The lowest BCUT2D eigenvalue weighted by molar-refractivity contribution is -0.917. The Hall–Kier alpha value is -1.44. The number of nitrogens with one attached hydrogen (secondary N) is 2. The molecule has 0 radical (unpaired) electrons. The summed E-state index contributed by atoms with van der Waals surface area (Å²) in [7, 11) is -3.45. The van der Waals surface area contributed by atoms with Gasteiger partial charge >= 0.3 is 0 Å². The number of amides is 1. The van der Waals surface area contributed by atoms with Crippen molar-refractivity contribution in [3.63, 3.8) is 0 Å². The third-order valence-corrected chi connectivity index (χ3v) is 10.1. The van der Waals surface area contributed by atoms with Crippen LogP contribution >= 0.6 is 0 Å². The van der Waals surface area contributed by atoms with Crippen LogP contribution in [0.2, 0.25) is 0 Å². The fourth-order valence-corrected chi connectivity index (χ4v) is 8.47. The number of rotatable bonds is 5. The van der Waals surface area contributed by atoms with Gasteiger partial charge in [0.15, 0.2) is 6.04 Å². The van der Waals surface area contributed by atoms with Crippen molar-refractivity contribution in [3.05, 3.63) is 30.3 Å². The highest BCUT2D eigenvalue weighted by atomic mass is 32.2. The Labute approximate surface area is 180 Å². The van der Waals surface area contributed by atoms with Gasteiger partial charge in [-0.3, -0.25) is 4.79 Å². The minimum atomic E-state index is -3.45. The minimum absolute atomic E-state index is 0.0397. The number of carbonyl (C=O) groups is 1. The van der Waals surface area contributed by atoms with Crippen LogP contribution in [0.1, 0.15) is 45.4 Å². The molecule has 1 aromatic rings. The van der Waals surface area contributed by atoms with Gasteiger partial charge in [-0.2, -0.15) is 4.31 Å². The highest BCUT2D eigenvalue weighted by Crippen LogP contribution is 2.55. The monoisotopic (exact) mass is 432 g/mol. The van der Waals surface area contributed by atoms with Gasteiger partial charge in [0.1, 0.15) is 0 Å². The Balaban J connectivity index is 1.19. The first-order valence-electron chi connectivity index (χ1n) is 11.6. The van der Waals surface area contributed by atoms with E-state index in [9.17, 15) is 13.2 Å². The van der Waals surface area contributed by atoms with E-state index < -0.39 is 10.0 Å². The fourth-order valence-electron chi connectivity index (χ4n) is 7.01. The van der Waals surface area contributed by atoms with Crippen molar-refractivity contribution < 1.29 is 18.1 Å². The molecule has 30 heavy (non-hydrogen) atoms. The van der Waals surface area contributed by atoms with Gasteiger partial charge in [0, 0.05) is 5.54 Å². The number of hydrogen-bond donors (Lipinski definition) is 2. The molecule has 2 N–H and O–H groups in total. The maximum absolute atomic E-state index is 13.2. The van der Waals surface area contributed by atoms with Crippen molar-refractivity contribution in [2.75, 3.05) is 26.2 Å². The fraction of sp³-hybridized carbons (Fsp3) is 0.696. The normalized spacial score (nSPS) is 35.3. The summed E-state index contributed by atoms with van der Waals surface area (Å²) >= 11 is 0. The van der Waals surface area contributed by atoms with E-state index in [0.717, 1.165) is 37.0 Å². The van der Waals surface area contributed by atoms with E-state index >= 15 is 0 Å². The van der Waals surface area contributed by atoms with E-state index in [1.165, 1.54) is 24.2 Å². The van der Waals surface area contributed by atoms with Gasteiger partial charge in [-0.05, 0) is 75.3 Å². The minimum Gasteiger partial charge on any atom is -0.345 e. The van der Waals surface area contributed by atoms with E-state index in [1.54, 1.807) is 28.6 Å². The first-order chi connectivity index (χ1) is 14.3. The van der Waals surface area contributed by atoms with Crippen molar-refractivity contribution in [1.29, 1.82) is 0 Å². The SMILES string of the molecule is C[C@@H](C(=O)NC12CC3CC(CC(C3)C1)C2)[NH+]1CCN(S(=O)(=O)c2ccccc2)CC1. The van der Waals surface area contributed by atoms with Crippen LogP contribution in [0.3, 0.4) is 0 Å². The Bertz CT molecular complexity index is 858. The number of nitrogens with zero attached hydrogens (tertiary/aromatic N) is 1. The molecule has 0 spiro atoms. The number of benzene rings is 1. The molecule has 6 rings (SSSR count). The number of sulfonamides is 1. The molecule has 164 valence electrons. The van der Waals surface area contributed by atoms with E-state index in [4.69, 9.17) is 0 Å². The molecule has 5 fully saturated rings. The van der Waals surface area contributed by atoms with Crippen LogP contribution in [0, 0.1) is 17.8 Å². The highest BCUT2D eigenvalue weighted by Gasteiger charge is 2.52. The van der Waals surface area contributed by atoms with E-state index in [0.29, 0.717) is 31.1 Å². The molecule has 4 bridgehead atoms. The van der Waals surface area contributed by atoms with Crippen LogP contribution in [0.15, 0.2) is 35.2 Å². The van der Waals surface area contributed by atoms with E-state index in [-0.39, 0.29) is 17.5 Å². The van der Waals surface area contributed by atoms with Crippen molar-refractivity contribution >= 4 is 15.9 Å². The lowest BCUT2D eigenvalue weighted by Crippen LogP contribution is -3.19. The maximum Gasteiger partial charge on any atom is 0.278 e. The van der Waals surface area contributed by atoms with Crippen molar-refractivity contribution in [3.8, 4) is 0 Å². The summed E-state index contributed by atoms with van der Waals surface area (Å²) in [5.41, 5.74) is 0.0397. The molecule has 5 aliphatic rings. The largest absolute Gasteiger partial charge is 0.345 e. The second kappa shape index (κ2) is 7.61. The molecule has 0 aromatic heterocycles. The van der Waals surface area contributed by atoms with Crippen LogP contribution < -0.4 is 10.2 Å². The van der Waals surface area contributed by atoms with Gasteiger partial charge in [0.2, 0.25) is 10.0 Å². The molecule has 4 aliphatic carbocycles. The standard InChI is InChI=1S/C23H33N3O3S/c1-17(22(27)24-23-14-18-11-19(15-23)13-20(12-18)16-23)25-7-9-26(10-8-25)30(28,29)21-5-3-2-4-6-21/h2-6,17-20H,7-16H2,1H3,(H,24,27)/p+1/t17-,18?,19?,20?,23?/m0/s1. The van der Waals surface area contributed by atoms with Crippen LogP contribution in [-0.2, 0) is 14.8 Å². The van der Waals surface area contributed by atoms with Gasteiger partial charge in [0.05, 0.1) is 31.1 Å². The lowest BCUT2D eigenvalue weighted by atomic mass is 9.53. The topological polar surface area (TPSA) is 70.9 Å². The van der Waals surface area contributed by atoms with Gasteiger partial charge in [-0.1, -0.05) is 18.2 Å². The summed E-state index contributed by atoms with van der Waals surface area (Å²) in [6.45, 7) is 4.26. The van der Waals surface area contributed by atoms with Crippen LogP contribution in [0.4, 0.5) is 0 Å². The number of carbonyl (C=O) groups excluding carboxylic acids is 1. The molecule has 0 unspecified atom stereocenters. The van der Waals surface area contributed by atoms with Gasteiger partial charge in [0.25, 0.3) is 5.91 Å². The average molecular weight is 433 g/mol. The van der Waals surface area contributed by atoms with Gasteiger partial charge in [-0.15, -0.1) is 0 Å². The molecular formula is C23H34N3O3S+. The van der Waals surface area contributed by atoms with Crippen LogP contribution in [0.25, 0.3) is 0 Å². The second-order valence-corrected chi connectivity index (χ2v) is 12.2. The predicted molar refractivity (Wildman–Crippen MR) is 114 cm³/mol. The zero-order valence-corrected chi connectivity index (χ0v) is 18.7. The molecule has 4 saturated carbocycles. The predicted octanol–water partition coefficient (Wildman–Crippen LogP) is 1.05. The van der Waals surface area contributed by atoms with Gasteiger partial charge in [-0.25, -0.2) is 8.42 Å². The molecule has 7 heteroatoms. The molecule has 1 atom stereocenters. The summed E-state index contributed by atoms with van der Waals surface area (Å²) in [6, 6.07) is 8.49. The van der Waals surface area contributed by atoms with E-state index in [2.05, 4.69) is 5.32 Å². The summed E-state index contributed by atoms with van der Waals surface area (Å²) in [6.07, 6.45) is 7.59. The number of hydrogen-bond acceptors (Lipinski definition) is 3. The summed E-state index contributed by atoms with van der Waals surface area (Å²) in [5.74, 6) is 2.59. The summed E-state index contributed by atoms with van der Waals surface area (Å²) < 4.78 is 27.3. The Kier molecular flexibility index (Phi) is 5.19. The smallest absolute Gasteiger partial charge is 0.278 e. The quantitative estimate of drug-likeness (QED) is 0.731. The zero-order valence-electron chi connectivity index (χ0n) is 17.8. The maximum atomic E-state index is 13.2. The average Bonchev–Trinajstić information content (AvgIpc) is 2.72. The van der Waals surface area contributed by atoms with Crippen LogP contribution in [-0.4, -0.2) is 56.4 Å². The number of quaternary nitrogens is 1. The molecule has 1 aromatic carbocycles. The summed E-state index contributed by atoms with van der Waals surface area (Å²) in [5, 5.41) is 3.50. The molecular weight excluding hydrogens is 398 g/mol. The van der Waals surface area contributed by atoms with Crippen molar-refractivity contribution in [2.45, 2.75) is 61.9 Å². The highest BCUT2D eigenvalue weighted by molar-refractivity contribution is 7.89. The second-order valence-electron chi connectivity index (χ2n) is 10.3. The van der Waals surface area contributed by atoms with E-state index in [1.807, 2.05) is 13.0 Å². The molecule has 1 saturated heterocycles. The summed E-state index contributed by atoms with van der Waals surface area (Å²) in [4.78, 5) is 14.7. The third-order valence-electron chi connectivity index (χ3n) is 8.18. The van der Waals surface area contributed by atoms with Crippen molar-refractivity contribution in [2.24, 2.45) is 17.8 Å². The molecule has 1 heterocycles. The zero-order chi connectivity index (χ0) is 20.9. The Morgan fingerprint density at radius 3 is 2.10 bits per heavy atom. The molecule has 6 nitrogen and oxygen atoms in total. The first kappa shape index (κ1) is 20.5. The third kappa shape index (κ3) is 3.69.